The second-order valence-electron chi connectivity index (χ2n) is 4.68. The van der Waals surface area contributed by atoms with Gasteiger partial charge in [-0.25, -0.2) is 0 Å². The molecule has 1 atom stereocenters. The zero-order valence-electron chi connectivity index (χ0n) is 10.4. The first-order valence-corrected chi connectivity index (χ1v) is 6.08. The second kappa shape index (κ2) is 5.27. The molecule has 0 aliphatic carbocycles. The highest BCUT2D eigenvalue weighted by Gasteiger charge is 2.20. The van der Waals surface area contributed by atoms with E-state index in [4.69, 9.17) is 0 Å². The molecule has 0 bridgehead atoms. The maximum absolute atomic E-state index is 12.1. The fourth-order valence-corrected chi connectivity index (χ4v) is 2.05. The predicted octanol–water partition coefficient (Wildman–Crippen LogP) is 0.753. The molecule has 0 saturated carbocycles. The van der Waals surface area contributed by atoms with Crippen molar-refractivity contribution >= 4 is 5.91 Å². The van der Waals surface area contributed by atoms with Gasteiger partial charge in [-0.15, -0.1) is 0 Å². The molecule has 1 aliphatic rings. The summed E-state index contributed by atoms with van der Waals surface area (Å²) < 4.78 is 0. The standard InChI is InChI=1S/C13H19N3O/c1-10-3-4-12(8-15-10)7-13(17)16-6-5-14-11(2)9-16/h3-4,8,11,14H,5-7,9H2,1-2H3/t11-/m0/s1. The lowest BCUT2D eigenvalue weighted by molar-refractivity contribution is -0.131. The van der Waals surface area contributed by atoms with E-state index < -0.39 is 0 Å². The Hall–Kier alpha value is -1.42. The second-order valence-corrected chi connectivity index (χ2v) is 4.68. The maximum Gasteiger partial charge on any atom is 0.227 e. The molecule has 1 amide bonds. The molecule has 1 aromatic rings. The van der Waals surface area contributed by atoms with E-state index in [0.717, 1.165) is 30.9 Å². The molecule has 2 heterocycles. The molecule has 92 valence electrons. The van der Waals surface area contributed by atoms with Crippen LogP contribution >= 0.6 is 0 Å². The fraction of sp³-hybridized carbons (Fsp3) is 0.538. The lowest BCUT2D eigenvalue weighted by Gasteiger charge is -2.32. The summed E-state index contributed by atoms with van der Waals surface area (Å²) in [5, 5.41) is 3.33. The molecule has 17 heavy (non-hydrogen) atoms. The molecular weight excluding hydrogens is 214 g/mol. The normalized spacial score (nSPS) is 20.4. The van der Waals surface area contributed by atoms with E-state index in [1.807, 2.05) is 24.0 Å². The number of hydrogen-bond donors (Lipinski definition) is 1. The molecule has 4 heteroatoms. The minimum atomic E-state index is 0.198. The van der Waals surface area contributed by atoms with Gasteiger partial charge < -0.3 is 10.2 Å². The van der Waals surface area contributed by atoms with Gasteiger partial charge in [0.15, 0.2) is 0 Å². The van der Waals surface area contributed by atoms with E-state index in [0.29, 0.717) is 12.5 Å². The monoisotopic (exact) mass is 233 g/mol. The predicted molar refractivity (Wildman–Crippen MR) is 66.7 cm³/mol. The lowest BCUT2D eigenvalue weighted by Crippen LogP contribution is -2.51. The highest BCUT2D eigenvalue weighted by Crippen LogP contribution is 2.05. The molecule has 0 spiro atoms. The van der Waals surface area contributed by atoms with Crippen LogP contribution in [0, 0.1) is 6.92 Å². The number of carbonyl (C=O) groups excluding carboxylic acids is 1. The molecule has 0 radical (unpaired) electrons. The molecule has 0 unspecified atom stereocenters. The summed E-state index contributed by atoms with van der Waals surface area (Å²) in [6, 6.07) is 4.32. The Morgan fingerprint density at radius 2 is 2.41 bits per heavy atom. The molecular formula is C13H19N3O. The van der Waals surface area contributed by atoms with Crippen LogP contribution in [-0.2, 0) is 11.2 Å². The van der Waals surface area contributed by atoms with E-state index >= 15 is 0 Å². The maximum atomic E-state index is 12.1. The first-order valence-electron chi connectivity index (χ1n) is 6.08. The SMILES string of the molecule is Cc1ccc(CC(=O)N2CCN[C@@H](C)C2)cn1. The zero-order valence-corrected chi connectivity index (χ0v) is 10.4. The van der Waals surface area contributed by atoms with Crippen LogP contribution in [0.15, 0.2) is 18.3 Å². The Labute approximate surface area is 102 Å². The fourth-order valence-electron chi connectivity index (χ4n) is 2.05. The van der Waals surface area contributed by atoms with Gasteiger partial charge in [-0.3, -0.25) is 9.78 Å². The Morgan fingerprint density at radius 3 is 3.06 bits per heavy atom. The lowest BCUT2D eigenvalue weighted by atomic mass is 10.1. The summed E-state index contributed by atoms with van der Waals surface area (Å²) >= 11 is 0. The van der Waals surface area contributed by atoms with Gasteiger partial charge in [-0.2, -0.15) is 0 Å². The van der Waals surface area contributed by atoms with Gasteiger partial charge in [0, 0.05) is 37.6 Å². The third kappa shape index (κ3) is 3.27. The van der Waals surface area contributed by atoms with Gasteiger partial charge in [0.25, 0.3) is 0 Å². The van der Waals surface area contributed by atoms with Crippen LogP contribution in [0.4, 0.5) is 0 Å². The molecule has 1 N–H and O–H groups in total. The third-order valence-electron chi connectivity index (χ3n) is 3.05. The van der Waals surface area contributed by atoms with E-state index in [1.165, 1.54) is 0 Å². The smallest absolute Gasteiger partial charge is 0.227 e. The molecule has 0 aromatic carbocycles. The summed E-state index contributed by atoms with van der Waals surface area (Å²) in [5.41, 5.74) is 1.98. The zero-order chi connectivity index (χ0) is 12.3. The van der Waals surface area contributed by atoms with Gasteiger partial charge in [0.1, 0.15) is 0 Å². The van der Waals surface area contributed by atoms with Gasteiger partial charge in [-0.05, 0) is 25.5 Å². The van der Waals surface area contributed by atoms with Crippen molar-refractivity contribution in [3.8, 4) is 0 Å². The number of hydrogen-bond acceptors (Lipinski definition) is 3. The highest BCUT2D eigenvalue weighted by molar-refractivity contribution is 5.78. The first kappa shape index (κ1) is 12.0. The van der Waals surface area contributed by atoms with Crippen molar-refractivity contribution < 1.29 is 4.79 Å². The van der Waals surface area contributed by atoms with E-state index in [2.05, 4.69) is 17.2 Å². The van der Waals surface area contributed by atoms with Crippen molar-refractivity contribution in [2.45, 2.75) is 26.3 Å². The number of aryl methyl sites for hydroxylation is 1. The summed E-state index contributed by atoms with van der Waals surface area (Å²) in [5.74, 6) is 0.198. The molecule has 2 rings (SSSR count). The van der Waals surface area contributed by atoms with Crippen molar-refractivity contribution in [2.24, 2.45) is 0 Å². The number of nitrogens with zero attached hydrogens (tertiary/aromatic N) is 2. The van der Waals surface area contributed by atoms with Gasteiger partial charge in [0.05, 0.1) is 6.42 Å². The molecule has 1 aliphatic heterocycles. The first-order chi connectivity index (χ1) is 8.15. The van der Waals surface area contributed by atoms with Crippen LogP contribution in [0.2, 0.25) is 0 Å². The van der Waals surface area contributed by atoms with Gasteiger partial charge in [0.2, 0.25) is 5.91 Å². The number of amides is 1. The van der Waals surface area contributed by atoms with E-state index in [1.54, 1.807) is 6.20 Å². The van der Waals surface area contributed by atoms with Gasteiger partial charge >= 0.3 is 0 Å². The minimum Gasteiger partial charge on any atom is -0.340 e. The third-order valence-corrected chi connectivity index (χ3v) is 3.05. The summed E-state index contributed by atoms with van der Waals surface area (Å²) in [4.78, 5) is 18.2. The Morgan fingerprint density at radius 1 is 1.59 bits per heavy atom. The van der Waals surface area contributed by atoms with Crippen molar-refractivity contribution in [1.82, 2.24) is 15.2 Å². The number of nitrogens with one attached hydrogen (secondary N) is 1. The number of piperazine rings is 1. The van der Waals surface area contributed by atoms with E-state index in [-0.39, 0.29) is 5.91 Å². The van der Waals surface area contributed by atoms with Crippen LogP contribution in [0.3, 0.4) is 0 Å². The van der Waals surface area contributed by atoms with Crippen LogP contribution in [0.25, 0.3) is 0 Å². The molecule has 1 fully saturated rings. The average molecular weight is 233 g/mol. The van der Waals surface area contributed by atoms with Crippen LogP contribution in [0.1, 0.15) is 18.2 Å². The molecule has 1 saturated heterocycles. The number of carbonyl (C=O) groups is 1. The average Bonchev–Trinajstić information content (AvgIpc) is 2.32. The Balaban J connectivity index is 1.94. The minimum absolute atomic E-state index is 0.198. The topological polar surface area (TPSA) is 45.2 Å². The van der Waals surface area contributed by atoms with Crippen LogP contribution < -0.4 is 5.32 Å². The summed E-state index contributed by atoms with van der Waals surface area (Å²) in [6.07, 6.45) is 2.25. The number of rotatable bonds is 2. The molecule has 1 aromatic heterocycles. The summed E-state index contributed by atoms with van der Waals surface area (Å²) in [7, 11) is 0. The van der Waals surface area contributed by atoms with Crippen LogP contribution in [-0.4, -0.2) is 41.5 Å². The van der Waals surface area contributed by atoms with Crippen molar-refractivity contribution in [2.75, 3.05) is 19.6 Å². The van der Waals surface area contributed by atoms with Crippen LogP contribution in [0.5, 0.6) is 0 Å². The summed E-state index contributed by atoms with van der Waals surface area (Å²) in [6.45, 7) is 6.55. The number of aromatic nitrogens is 1. The molecule has 4 nitrogen and oxygen atoms in total. The van der Waals surface area contributed by atoms with Gasteiger partial charge in [-0.1, -0.05) is 6.07 Å². The number of pyridine rings is 1. The Bertz CT molecular complexity index is 388. The van der Waals surface area contributed by atoms with Crippen molar-refractivity contribution in [3.05, 3.63) is 29.6 Å². The van der Waals surface area contributed by atoms with Crippen molar-refractivity contribution in [1.29, 1.82) is 0 Å². The highest BCUT2D eigenvalue weighted by atomic mass is 16.2. The van der Waals surface area contributed by atoms with Crippen molar-refractivity contribution in [3.63, 3.8) is 0 Å². The largest absolute Gasteiger partial charge is 0.340 e. The van der Waals surface area contributed by atoms with E-state index in [9.17, 15) is 4.79 Å². The Kier molecular flexibility index (Phi) is 3.74. The quantitative estimate of drug-likeness (QED) is 0.820.